The van der Waals surface area contributed by atoms with Crippen molar-refractivity contribution < 1.29 is 14.3 Å². The molecule has 3 aromatic rings. The van der Waals surface area contributed by atoms with Gasteiger partial charge in [-0.05, 0) is 48.5 Å². The molecule has 136 valence electrons. The van der Waals surface area contributed by atoms with Crippen molar-refractivity contribution in [2.24, 2.45) is 0 Å². The summed E-state index contributed by atoms with van der Waals surface area (Å²) in [5.74, 6) is -0.313. The smallest absolute Gasteiger partial charge is 0.339 e. The Hall–Kier alpha value is -3.38. The minimum atomic E-state index is -0.522. The zero-order valence-corrected chi connectivity index (χ0v) is 15.2. The Balaban J connectivity index is 1.71. The van der Waals surface area contributed by atoms with E-state index in [0.29, 0.717) is 22.1 Å². The second kappa shape index (κ2) is 8.33. The molecule has 0 saturated heterocycles. The minimum absolute atomic E-state index is 0.280. The summed E-state index contributed by atoms with van der Waals surface area (Å²) in [7, 11) is 1.29. The van der Waals surface area contributed by atoms with Gasteiger partial charge in [-0.15, -0.1) is 0 Å². The van der Waals surface area contributed by atoms with Gasteiger partial charge in [-0.3, -0.25) is 4.79 Å². The Labute approximate surface area is 161 Å². The summed E-state index contributed by atoms with van der Waals surface area (Å²) in [5, 5.41) is 6.46. The van der Waals surface area contributed by atoms with E-state index in [0.717, 1.165) is 5.69 Å². The number of carbonyl (C=O) groups excluding carboxylic acids is 2. The van der Waals surface area contributed by atoms with Crippen LogP contribution in [0.15, 0.2) is 66.9 Å². The third-order valence-electron chi connectivity index (χ3n) is 3.72. The molecule has 27 heavy (non-hydrogen) atoms. The molecule has 7 heteroatoms. The SMILES string of the molecule is COC(=O)c1ccccc1NC(=O)c1ccc(Nc2ccc(Cl)cc2)nc1. The number of aromatic nitrogens is 1. The topological polar surface area (TPSA) is 80.3 Å². The van der Waals surface area contributed by atoms with Gasteiger partial charge < -0.3 is 15.4 Å². The first-order chi connectivity index (χ1) is 13.1. The van der Waals surface area contributed by atoms with Gasteiger partial charge in [-0.2, -0.15) is 0 Å². The number of benzene rings is 2. The summed E-state index contributed by atoms with van der Waals surface area (Å²) in [6.07, 6.45) is 1.45. The Kier molecular flexibility index (Phi) is 5.68. The fourth-order valence-electron chi connectivity index (χ4n) is 2.36. The molecule has 2 N–H and O–H groups in total. The maximum absolute atomic E-state index is 12.4. The van der Waals surface area contributed by atoms with Crippen molar-refractivity contribution in [3.8, 4) is 0 Å². The molecule has 0 fully saturated rings. The van der Waals surface area contributed by atoms with Gasteiger partial charge in [0.05, 0.1) is 23.9 Å². The number of methoxy groups -OCH3 is 1. The van der Waals surface area contributed by atoms with E-state index >= 15 is 0 Å². The van der Waals surface area contributed by atoms with Crippen molar-refractivity contribution in [3.05, 3.63) is 83.0 Å². The number of amides is 1. The molecule has 0 spiro atoms. The van der Waals surface area contributed by atoms with Crippen LogP contribution < -0.4 is 10.6 Å². The first kappa shape index (κ1) is 18.4. The van der Waals surface area contributed by atoms with Crippen LogP contribution in [0.2, 0.25) is 5.02 Å². The molecule has 0 bridgehead atoms. The zero-order valence-electron chi connectivity index (χ0n) is 14.4. The number of nitrogens with one attached hydrogen (secondary N) is 2. The number of rotatable bonds is 5. The molecule has 1 heterocycles. The highest BCUT2D eigenvalue weighted by Gasteiger charge is 2.14. The summed E-state index contributed by atoms with van der Waals surface area (Å²) in [6.45, 7) is 0. The number of pyridine rings is 1. The van der Waals surface area contributed by atoms with E-state index in [4.69, 9.17) is 16.3 Å². The maximum atomic E-state index is 12.4. The number of anilines is 3. The lowest BCUT2D eigenvalue weighted by Crippen LogP contribution is -2.15. The summed E-state index contributed by atoms with van der Waals surface area (Å²) < 4.78 is 4.72. The Morgan fingerprint density at radius 1 is 1.00 bits per heavy atom. The summed E-state index contributed by atoms with van der Waals surface area (Å²) in [4.78, 5) is 28.5. The fraction of sp³-hybridized carbons (Fsp3) is 0.0500. The normalized spacial score (nSPS) is 10.1. The molecule has 1 amide bonds. The molecule has 6 nitrogen and oxygen atoms in total. The molecule has 0 atom stereocenters. The van der Waals surface area contributed by atoms with Crippen LogP contribution in [-0.2, 0) is 4.74 Å². The molecule has 0 saturated carbocycles. The first-order valence-corrected chi connectivity index (χ1v) is 8.42. The molecule has 0 aliphatic carbocycles. The molecular weight excluding hydrogens is 366 g/mol. The van der Waals surface area contributed by atoms with Crippen LogP contribution in [0.1, 0.15) is 20.7 Å². The van der Waals surface area contributed by atoms with Crippen LogP contribution in [0.25, 0.3) is 0 Å². The van der Waals surface area contributed by atoms with Crippen LogP contribution in [0, 0.1) is 0 Å². The lowest BCUT2D eigenvalue weighted by atomic mass is 10.1. The highest BCUT2D eigenvalue weighted by Crippen LogP contribution is 2.19. The Morgan fingerprint density at radius 3 is 2.41 bits per heavy atom. The van der Waals surface area contributed by atoms with Crippen molar-refractivity contribution in [1.29, 1.82) is 0 Å². The van der Waals surface area contributed by atoms with Crippen molar-refractivity contribution in [3.63, 3.8) is 0 Å². The van der Waals surface area contributed by atoms with Crippen molar-refractivity contribution in [2.75, 3.05) is 17.7 Å². The molecule has 0 radical (unpaired) electrons. The zero-order chi connectivity index (χ0) is 19.2. The number of halogens is 1. The highest BCUT2D eigenvalue weighted by molar-refractivity contribution is 6.30. The van der Waals surface area contributed by atoms with Gasteiger partial charge in [0.25, 0.3) is 5.91 Å². The van der Waals surface area contributed by atoms with E-state index in [9.17, 15) is 9.59 Å². The highest BCUT2D eigenvalue weighted by atomic mass is 35.5. The van der Waals surface area contributed by atoms with E-state index in [1.807, 2.05) is 12.1 Å². The van der Waals surface area contributed by atoms with E-state index < -0.39 is 5.97 Å². The van der Waals surface area contributed by atoms with Crippen molar-refractivity contribution >= 4 is 40.7 Å². The van der Waals surface area contributed by atoms with Crippen LogP contribution in [0.5, 0.6) is 0 Å². The average molecular weight is 382 g/mol. The molecule has 2 aromatic carbocycles. The molecular formula is C20H16ClN3O3. The second-order valence-corrected chi connectivity index (χ2v) is 5.99. The van der Waals surface area contributed by atoms with E-state index in [-0.39, 0.29) is 11.5 Å². The molecule has 0 aliphatic rings. The van der Waals surface area contributed by atoms with Crippen molar-refractivity contribution in [2.45, 2.75) is 0 Å². The predicted molar refractivity (Wildman–Crippen MR) is 105 cm³/mol. The number of hydrogen-bond acceptors (Lipinski definition) is 5. The molecule has 0 aliphatic heterocycles. The quantitative estimate of drug-likeness (QED) is 0.635. The van der Waals surface area contributed by atoms with E-state index in [2.05, 4.69) is 15.6 Å². The van der Waals surface area contributed by atoms with Gasteiger partial charge in [0.15, 0.2) is 0 Å². The van der Waals surface area contributed by atoms with E-state index in [1.54, 1.807) is 48.5 Å². The van der Waals surface area contributed by atoms with Crippen molar-refractivity contribution in [1.82, 2.24) is 4.98 Å². The van der Waals surface area contributed by atoms with Crippen LogP contribution in [0.3, 0.4) is 0 Å². The van der Waals surface area contributed by atoms with Gasteiger partial charge in [-0.1, -0.05) is 23.7 Å². The van der Waals surface area contributed by atoms with Gasteiger partial charge in [0, 0.05) is 16.9 Å². The Morgan fingerprint density at radius 2 is 1.74 bits per heavy atom. The number of esters is 1. The number of carbonyl (C=O) groups is 2. The summed E-state index contributed by atoms with van der Waals surface area (Å²) in [6, 6.07) is 17.2. The van der Waals surface area contributed by atoms with Gasteiger partial charge in [-0.25, -0.2) is 9.78 Å². The number of para-hydroxylation sites is 1. The van der Waals surface area contributed by atoms with Crippen LogP contribution in [-0.4, -0.2) is 24.0 Å². The third kappa shape index (κ3) is 4.62. The first-order valence-electron chi connectivity index (χ1n) is 8.04. The predicted octanol–water partition coefficient (Wildman–Crippen LogP) is 4.52. The van der Waals surface area contributed by atoms with Crippen LogP contribution in [0.4, 0.5) is 17.2 Å². The Bertz CT molecular complexity index is 957. The van der Waals surface area contributed by atoms with E-state index in [1.165, 1.54) is 13.3 Å². The minimum Gasteiger partial charge on any atom is -0.465 e. The molecule has 0 unspecified atom stereocenters. The lowest BCUT2D eigenvalue weighted by Gasteiger charge is -2.10. The molecule has 3 rings (SSSR count). The summed E-state index contributed by atoms with van der Waals surface area (Å²) in [5.41, 5.74) is 1.84. The van der Waals surface area contributed by atoms with Gasteiger partial charge in [0.2, 0.25) is 0 Å². The summed E-state index contributed by atoms with van der Waals surface area (Å²) >= 11 is 5.86. The third-order valence-corrected chi connectivity index (χ3v) is 3.97. The number of ether oxygens (including phenoxy) is 1. The maximum Gasteiger partial charge on any atom is 0.339 e. The molecule has 1 aromatic heterocycles. The van der Waals surface area contributed by atoms with Gasteiger partial charge >= 0.3 is 5.97 Å². The standard InChI is InChI=1S/C20H16ClN3O3/c1-27-20(26)16-4-2-3-5-17(16)24-19(25)13-6-11-18(22-12-13)23-15-9-7-14(21)8-10-15/h2-12H,1H3,(H,22,23)(H,24,25). The second-order valence-electron chi connectivity index (χ2n) is 5.56. The van der Waals surface area contributed by atoms with Gasteiger partial charge in [0.1, 0.15) is 5.82 Å². The average Bonchev–Trinajstić information content (AvgIpc) is 2.70. The number of nitrogens with zero attached hydrogens (tertiary/aromatic N) is 1. The number of hydrogen-bond donors (Lipinski definition) is 2. The largest absolute Gasteiger partial charge is 0.465 e. The lowest BCUT2D eigenvalue weighted by molar-refractivity contribution is 0.0602. The van der Waals surface area contributed by atoms with Crippen LogP contribution >= 0.6 is 11.6 Å². The monoisotopic (exact) mass is 381 g/mol. The fourth-order valence-corrected chi connectivity index (χ4v) is 2.48.